The van der Waals surface area contributed by atoms with E-state index in [2.05, 4.69) is 15.5 Å². The minimum atomic E-state index is -0.246. The Hall–Kier alpha value is -3.36. The molecule has 0 spiro atoms. The molecule has 1 saturated heterocycles. The quantitative estimate of drug-likeness (QED) is 0.630. The number of fused-ring (bicyclic) bond motifs is 3. The summed E-state index contributed by atoms with van der Waals surface area (Å²) < 4.78 is 28.7. The number of halogens is 1. The summed E-state index contributed by atoms with van der Waals surface area (Å²) >= 11 is 0. The molecule has 0 unspecified atom stereocenters. The van der Waals surface area contributed by atoms with Crippen molar-refractivity contribution in [1.82, 2.24) is 19.5 Å². The van der Waals surface area contributed by atoms with Crippen molar-refractivity contribution in [1.29, 1.82) is 0 Å². The van der Waals surface area contributed by atoms with E-state index in [0.29, 0.717) is 36.9 Å². The van der Waals surface area contributed by atoms with Crippen molar-refractivity contribution in [2.75, 3.05) is 31.6 Å². The lowest BCUT2D eigenvalue weighted by molar-refractivity contribution is -0.129. The molecule has 32 heavy (non-hydrogen) atoms. The minimum absolute atomic E-state index is 0.0256. The first-order valence-corrected chi connectivity index (χ1v) is 11.0. The first-order chi connectivity index (χ1) is 15.6. The molecular formula is C23H24FN5O3. The Labute approximate surface area is 184 Å². The van der Waals surface area contributed by atoms with E-state index >= 15 is 0 Å². The van der Waals surface area contributed by atoms with Gasteiger partial charge in [0.05, 0.1) is 19.1 Å². The summed E-state index contributed by atoms with van der Waals surface area (Å²) in [6.45, 7) is 4.26. The van der Waals surface area contributed by atoms with E-state index in [4.69, 9.17) is 9.47 Å². The van der Waals surface area contributed by atoms with Gasteiger partial charge in [-0.3, -0.25) is 9.20 Å². The Bertz CT molecular complexity index is 1220. The largest absolute Gasteiger partial charge is 0.493 e. The maximum atomic E-state index is 14.7. The molecule has 0 aliphatic carbocycles. The Morgan fingerprint density at radius 3 is 2.72 bits per heavy atom. The third kappa shape index (κ3) is 2.98. The van der Waals surface area contributed by atoms with Crippen LogP contribution in [-0.2, 0) is 11.3 Å². The maximum absolute atomic E-state index is 14.7. The maximum Gasteiger partial charge on any atom is 0.219 e. The minimum Gasteiger partial charge on any atom is -0.493 e. The average molecular weight is 437 g/mol. The van der Waals surface area contributed by atoms with Crippen molar-refractivity contribution < 1.29 is 18.7 Å². The molecule has 3 aromatic rings. The number of hydrogen-bond acceptors (Lipinski definition) is 6. The van der Waals surface area contributed by atoms with Gasteiger partial charge in [0.2, 0.25) is 5.91 Å². The fraction of sp³-hybridized carbons (Fsp3) is 0.435. The Morgan fingerprint density at radius 2 is 1.94 bits per heavy atom. The molecule has 9 heteroatoms. The van der Waals surface area contributed by atoms with Gasteiger partial charge in [-0.1, -0.05) is 0 Å². The van der Waals surface area contributed by atoms with Gasteiger partial charge in [0.25, 0.3) is 0 Å². The summed E-state index contributed by atoms with van der Waals surface area (Å²) in [4.78, 5) is 13.6. The summed E-state index contributed by atoms with van der Waals surface area (Å²) in [5.41, 5.74) is 3.34. The smallest absolute Gasteiger partial charge is 0.219 e. The number of amides is 1. The molecule has 2 aromatic heterocycles. The van der Waals surface area contributed by atoms with Crippen LogP contribution in [0.3, 0.4) is 0 Å². The standard InChI is InChI=1S/C23H24FN5O3/c1-13(30)28-6-4-14(5-7-28)16-8-20-23(29-12-26-27-22(16)29)25-9-17-18(24)2-3-19-21(17)15(10-31-19)11-32-20/h2-3,8,12,14-15,25H,4-7,9-11H2,1H3/t15-/m0/s1. The highest BCUT2D eigenvalue weighted by Crippen LogP contribution is 2.42. The van der Waals surface area contributed by atoms with Gasteiger partial charge in [0, 0.05) is 43.2 Å². The van der Waals surface area contributed by atoms with Crippen molar-refractivity contribution in [3.05, 3.63) is 47.0 Å². The third-order valence-corrected chi connectivity index (χ3v) is 6.93. The normalized spacial score (nSPS) is 20.3. The molecule has 0 saturated carbocycles. The molecule has 8 nitrogen and oxygen atoms in total. The van der Waals surface area contributed by atoms with Crippen molar-refractivity contribution in [3.63, 3.8) is 0 Å². The number of hydrogen-bond donors (Lipinski definition) is 1. The first kappa shape index (κ1) is 19.3. The van der Waals surface area contributed by atoms with E-state index in [0.717, 1.165) is 48.5 Å². The van der Waals surface area contributed by atoms with Gasteiger partial charge in [-0.05, 0) is 37.0 Å². The van der Waals surface area contributed by atoms with E-state index in [-0.39, 0.29) is 23.6 Å². The van der Waals surface area contributed by atoms with Gasteiger partial charge in [0.1, 0.15) is 17.9 Å². The molecular weight excluding hydrogens is 413 g/mol. The summed E-state index contributed by atoms with van der Waals surface area (Å²) in [5.74, 6) is 2.25. The first-order valence-electron chi connectivity index (χ1n) is 11.0. The Morgan fingerprint density at radius 1 is 1.16 bits per heavy atom. The van der Waals surface area contributed by atoms with Crippen LogP contribution in [0.1, 0.15) is 48.3 Å². The lowest BCUT2D eigenvalue weighted by Crippen LogP contribution is -2.36. The number of benzene rings is 1. The van der Waals surface area contributed by atoms with Gasteiger partial charge in [0.15, 0.2) is 17.2 Å². The molecule has 0 radical (unpaired) electrons. The molecule has 0 bridgehead atoms. The van der Waals surface area contributed by atoms with Crippen LogP contribution in [0.15, 0.2) is 24.5 Å². The molecule has 166 valence electrons. The van der Waals surface area contributed by atoms with E-state index in [1.807, 2.05) is 15.4 Å². The van der Waals surface area contributed by atoms with Crippen LogP contribution in [0.2, 0.25) is 0 Å². The van der Waals surface area contributed by atoms with Gasteiger partial charge in [-0.2, -0.15) is 0 Å². The zero-order valence-electron chi connectivity index (χ0n) is 17.8. The highest BCUT2D eigenvalue weighted by molar-refractivity contribution is 5.73. The molecule has 1 atom stereocenters. The van der Waals surface area contributed by atoms with Crippen LogP contribution in [0, 0.1) is 5.82 Å². The second-order valence-electron chi connectivity index (χ2n) is 8.73. The SMILES string of the molecule is CC(=O)N1CCC(c2cc3c(n4cnnc24)NCc2c(F)ccc4c2[C@@H](CO4)CO3)CC1. The summed E-state index contributed by atoms with van der Waals surface area (Å²) in [6.07, 6.45) is 3.40. The molecule has 3 aliphatic heterocycles. The number of pyridine rings is 1. The number of carbonyl (C=O) groups excluding carboxylic acids is 1. The van der Waals surface area contributed by atoms with E-state index in [9.17, 15) is 9.18 Å². The third-order valence-electron chi connectivity index (χ3n) is 6.93. The van der Waals surface area contributed by atoms with Gasteiger partial charge < -0.3 is 19.7 Å². The van der Waals surface area contributed by atoms with Crippen LogP contribution >= 0.6 is 0 Å². The van der Waals surface area contributed by atoms with Crippen molar-refractivity contribution in [2.45, 2.75) is 38.1 Å². The van der Waals surface area contributed by atoms with Crippen LogP contribution in [0.4, 0.5) is 10.2 Å². The lowest BCUT2D eigenvalue weighted by Gasteiger charge is -2.32. The number of rotatable bonds is 1. The van der Waals surface area contributed by atoms with Gasteiger partial charge in [-0.15, -0.1) is 10.2 Å². The summed E-state index contributed by atoms with van der Waals surface area (Å²) in [6, 6.07) is 5.20. The van der Waals surface area contributed by atoms with E-state index in [1.165, 1.54) is 6.07 Å². The number of carbonyl (C=O) groups is 1. The summed E-state index contributed by atoms with van der Waals surface area (Å²) in [7, 11) is 0. The highest BCUT2D eigenvalue weighted by Gasteiger charge is 2.32. The van der Waals surface area contributed by atoms with Crippen LogP contribution < -0.4 is 14.8 Å². The summed E-state index contributed by atoms with van der Waals surface area (Å²) in [5, 5.41) is 11.9. The van der Waals surface area contributed by atoms with E-state index < -0.39 is 0 Å². The zero-order valence-corrected chi connectivity index (χ0v) is 17.8. The zero-order chi connectivity index (χ0) is 21.8. The van der Waals surface area contributed by atoms with Crippen molar-refractivity contribution in [3.8, 4) is 11.5 Å². The molecule has 1 aromatic carbocycles. The number of ether oxygens (including phenoxy) is 2. The molecule has 3 aliphatic rings. The van der Waals surface area contributed by atoms with E-state index in [1.54, 1.807) is 19.3 Å². The Kier molecular flexibility index (Phi) is 4.44. The number of likely N-dealkylation sites (tertiary alicyclic amines) is 1. The van der Waals surface area contributed by atoms with Crippen molar-refractivity contribution >= 4 is 17.4 Å². The number of nitrogens with zero attached hydrogens (tertiary/aromatic N) is 4. The molecule has 5 heterocycles. The fourth-order valence-corrected chi connectivity index (χ4v) is 5.21. The van der Waals surface area contributed by atoms with Crippen LogP contribution in [0.5, 0.6) is 11.5 Å². The van der Waals surface area contributed by atoms with Crippen LogP contribution in [-0.4, -0.2) is 51.7 Å². The topological polar surface area (TPSA) is 81.0 Å². The number of piperidine rings is 1. The molecule has 1 amide bonds. The predicted molar refractivity (Wildman–Crippen MR) is 115 cm³/mol. The number of anilines is 1. The molecule has 1 fully saturated rings. The Balaban J connectivity index is 1.39. The second kappa shape index (κ2) is 7.36. The highest BCUT2D eigenvalue weighted by atomic mass is 19.1. The molecule has 6 rings (SSSR count). The number of aromatic nitrogens is 3. The fourth-order valence-electron chi connectivity index (χ4n) is 5.21. The van der Waals surface area contributed by atoms with Gasteiger partial charge >= 0.3 is 0 Å². The monoisotopic (exact) mass is 437 g/mol. The van der Waals surface area contributed by atoms with Gasteiger partial charge in [-0.25, -0.2) is 4.39 Å². The molecule has 1 N–H and O–H groups in total. The average Bonchev–Trinajstić information content (AvgIpc) is 3.45. The number of nitrogens with one attached hydrogen (secondary N) is 1. The predicted octanol–water partition coefficient (Wildman–Crippen LogP) is 3.07. The second-order valence-corrected chi connectivity index (χ2v) is 8.73. The lowest BCUT2D eigenvalue weighted by atomic mass is 9.89. The van der Waals surface area contributed by atoms with Crippen molar-refractivity contribution in [2.24, 2.45) is 0 Å². The van der Waals surface area contributed by atoms with Crippen LogP contribution in [0.25, 0.3) is 5.65 Å².